The molecule has 1 rings (SSSR count). The molecule has 0 aliphatic carbocycles. The van der Waals surface area contributed by atoms with Gasteiger partial charge in [-0.2, -0.15) is 0 Å². The molecular weight excluding hydrogens is 218 g/mol. The predicted octanol–water partition coefficient (Wildman–Crippen LogP) is -0.0342. The van der Waals surface area contributed by atoms with Gasteiger partial charge in [0.15, 0.2) is 0 Å². The molecule has 0 aliphatic heterocycles. The minimum Gasteiger partial charge on any atom is -0.379 e. The summed E-state index contributed by atoms with van der Waals surface area (Å²) in [5.74, 6) is 0. The standard InChI is InChI=1S/C11H23N5O/c1-12-9-11-10-16(14-13-11)6-8-17-7-4-5-15(2)3/h10,12H,4-9H2,1-3H3. The van der Waals surface area contributed by atoms with Gasteiger partial charge in [0, 0.05) is 19.3 Å². The number of nitrogens with one attached hydrogen (secondary N) is 1. The fourth-order valence-electron chi connectivity index (χ4n) is 1.45. The van der Waals surface area contributed by atoms with Crippen molar-refractivity contribution >= 4 is 0 Å². The van der Waals surface area contributed by atoms with Gasteiger partial charge >= 0.3 is 0 Å². The van der Waals surface area contributed by atoms with Gasteiger partial charge in [-0.25, -0.2) is 4.68 Å². The van der Waals surface area contributed by atoms with Gasteiger partial charge < -0.3 is 15.0 Å². The third kappa shape index (κ3) is 6.35. The van der Waals surface area contributed by atoms with Crippen LogP contribution in [0.4, 0.5) is 0 Å². The maximum atomic E-state index is 5.53. The van der Waals surface area contributed by atoms with E-state index in [2.05, 4.69) is 34.6 Å². The molecule has 1 heterocycles. The molecule has 0 radical (unpaired) electrons. The largest absolute Gasteiger partial charge is 0.379 e. The molecule has 98 valence electrons. The molecule has 0 atom stereocenters. The van der Waals surface area contributed by atoms with E-state index in [4.69, 9.17) is 4.74 Å². The van der Waals surface area contributed by atoms with E-state index in [1.807, 2.05) is 17.9 Å². The van der Waals surface area contributed by atoms with Crippen molar-refractivity contribution in [3.05, 3.63) is 11.9 Å². The zero-order valence-electron chi connectivity index (χ0n) is 11.0. The highest BCUT2D eigenvalue weighted by atomic mass is 16.5. The normalized spacial score (nSPS) is 11.3. The van der Waals surface area contributed by atoms with Crippen LogP contribution < -0.4 is 5.32 Å². The lowest BCUT2D eigenvalue weighted by Crippen LogP contribution is -2.15. The van der Waals surface area contributed by atoms with Crippen LogP contribution >= 0.6 is 0 Å². The van der Waals surface area contributed by atoms with Gasteiger partial charge in [-0.1, -0.05) is 5.21 Å². The van der Waals surface area contributed by atoms with E-state index in [1.54, 1.807) is 0 Å². The molecule has 0 saturated heterocycles. The SMILES string of the molecule is CNCc1cn(CCOCCCN(C)C)nn1. The smallest absolute Gasteiger partial charge is 0.0964 e. The Balaban J connectivity index is 2.05. The van der Waals surface area contributed by atoms with Crippen LogP contribution in [0.15, 0.2) is 6.20 Å². The van der Waals surface area contributed by atoms with Crippen LogP contribution in [0, 0.1) is 0 Å². The minimum absolute atomic E-state index is 0.690. The van der Waals surface area contributed by atoms with Crippen molar-refractivity contribution in [2.75, 3.05) is 40.9 Å². The Kier molecular flexibility index (Phi) is 6.76. The molecule has 1 aromatic heterocycles. The molecular formula is C11H23N5O. The van der Waals surface area contributed by atoms with Gasteiger partial charge in [-0.3, -0.25) is 0 Å². The molecule has 0 bridgehead atoms. The average molecular weight is 241 g/mol. The summed E-state index contributed by atoms with van der Waals surface area (Å²) in [4.78, 5) is 2.16. The van der Waals surface area contributed by atoms with E-state index in [0.717, 1.165) is 38.4 Å². The van der Waals surface area contributed by atoms with Gasteiger partial charge in [0.25, 0.3) is 0 Å². The number of ether oxygens (including phenoxy) is 1. The van der Waals surface area contributed by atoms with Crippen LogP contribution in [-0.2, 0) is 17.8 Å². The third-order valence-electron chi connectivity index (χ3n) is 2.30. The summed E-state index contributed by atoms with van der Waals surface area (Å²) in [5, 5.41) is 11.1. The minimum atomic E-state index is 0.690. The zero-order valence-corrected chi connectivity index (χ0v) is 11.0. The third-order valence-corrected chi connectivity index (χ3v) is 2.30. The predicted molar refractivity (Wildman–Crippen MR) is 66.8 cm³/mol. The van der Waals surface area contributed by atoms with Crippen LogP contribution in [0.3, 0.4) is 0 Å². The van der Waals surface area contributed by atoms with E-state index in [9.17, 15) is 0 Å². The fourth-order valence-corrected chi connectivity index (χ4v) is 1.45. The number of rotatable bonds is 9. The van der Waals surface area contributed by atoms with Crippen LogP contribution in [0.5, 0.6) is 0 Å². The van der Waals surface area contributed by atoms with Crippen LogP contribution in [-0.4, -0.2) is 60.8 Å². The molecule has 0 spiro atoms. The summed E-state index contributed by atoms with van der Waals surface area (Å²) >= 11 is 0. The Morgan fingerprint density at radius 2 is 2.24 bits per heavy atom. The monoisotopic (exact) mass is 241 g/mol. The first-order chi connectivity index (χ1) is 8.22. The van der Waals surface area contributed by atoms with Crippen LogP contribution in [0.1, 0.15) is 12.1 Å². The average Bonchev–Trinajstić information content (AvgIpc) is 2.71. The molecule has 0 aliphatic rings. The van der Waals surface area contributed by atoms with Crippen molar-refractivity contribution in [2.45, 2.75) is 19.5 Å². The number of aromatic nitrogens is 3. The molecule has 0 unspecified atom stereocenters. The Hall–Kier alpha value is -0.980. The lowest BCUT2D eigenvalue weighted by Gasteiger charge is -2.09. The number of nitrogens with zero attached hydrogens (tertiary/aromatic N) is 4. The first-order valence-corrected chi connectivity index (χ1v) is 5.98. The van der Waals surface area contributed by atoms with Crippen LogP contribution in [0.25, 0.3) is 0 Å². The van der Waals surface area contributed by atoms with Crippen molar-refractivity contribution in [3.63, 3.8) is 0 Å². The highest BCUT2D eigenvalue weighted by Crippen LogP contribution is 1.93. The molecule has 1 N–H and O–H groups in total. The van der Waals surface area contributed by atoms with Crippen molar-refractivity contribution in [2.24, 2.45) is 0 Å². The molecule has 0 fully saturated rings. The molecule has 6 heteroatoms. The van der Waals surface area contributed by atoms with Crippen molar-refractivity contribution < 1.29 is 4.74 Å². The van der Waals surface area contributed by atoms with E-state index in [0.29, 0.717) is 6.61 Å². The second-order valence-electron chi connectivity index (χ2n) is 4.27. The topological polar surface area (TPSA) is 55.2 Å². The van der Waals surface area contributed by atoms with Crippen LogP contribution in [0.2, 0.25) is 0 Å². The Morgan fingerprint density at radius 3 is 2.94 bits per heavy atom. The molecule has 0 aromatic carbocycles. The maximum Gasteiger partial charge on any atom is 0.0964 e. The van der Waals surface area contributed by atoms with Gasteiger partial charge in [-0.05, 0) is 34.1 Å². The quantitative estimate of drug-likeness (QED) is 0.615. The summed E-state index contributed by atoms with van der Waals surface area (Å²) in [5.41, 5.74) is 0.958. The van der Waals surface area contributed by atoms with Gasteiger partial charge in [0.2, 0.25) is 0 Å². The molecule has 17 heavy (non-hydrogen) atoms. The highest BCUT2D eigenvalue weighted by molar-refractivity contribution is 4.90. The van der Waals surface area contributed by atoms with Gasteiger partial charge in [0.05, 0.1) is 18.8 Å². The highest BCUT2D eigenvalue weighted by Gasteiger charge is 1.99. The zero-order chi connectivity index (χ0) is 12.5. The Bertz CT molecular complexity index is 300. The summed E-state index contributed by atoms with van der Waals surface area (Å²) < 4.78 is 7.34. The number of hydrogen-bond donors (Lipinski definition) is 1. The lowest BCUT2D eigenvalue weighted by molar-refractivity contribution is 0.116. The number of hydrogen-bond acceptors (Lipinski definition) is 5. The Morgan fingerprint density at radius 1 is 1.41 bits per heavy atom. The molecule has 6 nitrogen and oxygen atoms in total. The molecule has 1 aromatic rings. The van der Waals surface area contributed by atoms with Gasteiger partial charge in [-0.15, -0.1) is 5.10 Å². The van der Waals surface area contributed by atoms with E-state index < -0.39 is 0 Å². The second-order valence-corrected chi connectivity index (χ2v) is 4.27. The summed E-state index contributed by atoms with van der Waals surface area (Å²) in [6.07, 6.45) is 3.01. The van der Waals surface area contributed by atoms with E-state index in [-0.39, 0.29) is 0 Å². The fraction of sp³-hybridized carbons (Fsp3) is 0.818. The van der Waals surface area contributed by atoms with Gasteiger partial charge in [0.1, 0.15) is 0 Å². The maximum absolute atomic E-state index is 5.53. The molecule has 0 saturated carbocycles. The van der Waals surface area contributed by atoms with E-state index in [1.165, 1.54) is 0 Å². The summed E-state index contributed by atoms with van der Waals surface area (Å²) in [6, 6.07) is 0. The summed E-state index contributed by atoms with van der Waals surface area (Å²) in [7, 11) is 6.03. The Labute approximate surface area is 103 Å². The van der Waals surface area contributed by atoms with Crippen molar-refractivity contribution in [1.82, 2.24) is 25.2 Å². The summed E-state index contributed by atoms with van der Waals surface area (Å²) in [6.45, 7) is 4.07. The van der Waals surface area contributed by atoms with Crippen molar-refractivity contribution in [1.29, 1.82) is 0 Å². The lowest BCUT2D eigenvalue weighted by atomic mass is 10.4. The molecule has 0 amide bonds. The second kappa shape index (κ2) is 8.16. The van der Waals surface area contributed by atoms with Crippen molar-refractivity contribution in [3.8, 4) is 0 Å². The first-order valence-electron chi connectivity index (χ1n) is 5.98. The van der Waals surface area contributed by atoms with E-state index >= 15 is 0 Å². The first kappa shape index (κ1) is 14.1.